The summed E-state index contributed by atoms with van der Waals surface area (Å²) in [7, 11) is 0. The highest BCUT2D eigenvalue weighted by molar-refractivity contribution is 6.22. The predicted molar refractivity (Wildman–Crippen MR) is 116 cm³/mol. The van der Waals surface area contributed by atoms with Crippen LogP contribution in [0.3, 0.4) is 0 Å². The number of nitrogens with one attached hydrogen (secondary N) is 1. The smallest absolute Gasteiger partial charge is 0.252 e. The molecule has 0 fully saturated rings. The number of hydrogen-bond donors (Lipinski definition) is 1. The van der Waals surface area contributed by atoms with Crippen LogP contribution in [-0.2, 0) is 10.3 Å². The van der Waals surface area contributed by atoms with Gasteiger partial charge in [-0.05, 0) is 35.3 Å². The lowest BCUT2D eigenvalue weighted by Gasteiger charge is -2.29. The lowest BCUT2D eigenvalue weighted by molar-refractivity contribution is -0.116. The number of hydrogen-bond acceptors (Lipinski definition) is 1. The molecule has 3 aromatic carbocycles. The molecule has 138 valence electrons. The molecule has 0 aliphatic carbocycles. The van der Waals surface area contributed by atoms with E-state index in [0.717, 1.165) is 22.3 Å². The molecule has 4 rings (SSSR count). The van der Waals surface area contributed by atoms with E-state index in [9.17, 15) is 4.79 Å². The number of benzene rings is 3. The molecule has 1 unspecified atom stereocenters. The van der Waals surface area contributed by atoms with Crippen molar-refractivity contribution in [3.05, 3.63) is 120 Å². The van der Waals surface area contributed by atoms with Gasteiger partial charge < -0.3 is 5.32 Å². The van der Waals surface area contributed by atoms with Crippen molar-refractivity contribution in [1.29, 1.82) is 0 Å². The molecule has 3 aromatic rings. The third-order valence-electron chi connectivity index (χ3n) is 5.30. The predicted octanol–water partition coefficient (Wildman–Crippen LogP) is 5.51. The van der Waals surface area contributed by atoms with Gasteiger partial charge in [0.1, 0.15) is 0 Å². The molecule has 2 heteroatoms. The Morgan fingerprint density at radius 3 is 2.14 bits per heavy atom. The summed E-state index contributed by atoms with van der Waals surface area (Å²) in [5, 5.41) is 3.26. The summed E-state index contributed by atoms with van der Waals surface area (Å²) in [5.41, 5.74) is 5.36. The Kier molecular flexibility index (Phi) is 4.70. The molecular formula is C26H23NO. The van der Waals surface area contributed by atoms with Crippen LogP contribution in [0.25, 0.3) is 11.1 Å². The highest BCUT2D eigenvalue weighted by Crippen LogP contribution is 2.39. The minimum absolute atomic E-state index is 0.0476. The molecule has 1 heterocycles. The fourth-order valence-corrected chi connectivity index (χ4v) is 3.77. The topological polar surface area (TPSA) is 29.1 Å². The van der Waals surface area contributed by atoms with Crippen LogP contribution in [0.15, 0.2) is 97.6 Å². The zero-order valence-corrected chi connectivity index (χ0v) is 16.0. The summed E-state index contributed by atoms with van der Waals surface area (Å²) < 4.78 is 0. The maximum absolute atomic E-state index is 13.0. The van der Waals surface area contributed by atoms with E-state index in [1.807, 2.05) is 67.6 Å². The molecule has 2 nitrogen and oxygen atoms in total. The minimum Gasteiger partial charge on any atom is -0.339 e. The highest BCUT2D eigenvalue weighted by Gasteiger charge is 2.39. The maximum Gasteiger partial charge on any atom is 0.252 e. The quantitative estimate of drug-likeness (QED) is 0.635. The third-order valence-corrected chi connectivity index (χ3v) is 5.30. The molecule has 1 N–H and O–H groups in total. The molecule has 0 aromatic heterocycles. The van der Waals surface area contributed by atoms with E-state index < -0.39 is 5.54 Å². The van der Waals surface area contributed by atoms with Gasteiger partial charge in [0.05, 0.1) is 5.54 Å². The lowest BCUT2D eigenvalue weighted by Crippen LogP contribution is -2.39. The number of carbonyl (C=O) groups is 1. The Labute approximate surface area is 166 Å². The lowest BCUT2D eigenvalue weighted by atomic mass is 9.82. The molecule has 0 bridgehead atoms. The van der Waals surface area contributed by atoms with Crippen molar-refractivity contribution in [1.82, 2.24) is 5.32 Å². The number of rotatable bonds is 5. The molecule has 0 spiro atoms. The number of amides is 1. The van der Waals surface area contributed by atoms with Crippen molar-refractivity contribution < 1.29 is 4.79 Å². The third kappa shape index (κ3) is 3.41. The van der Waals surface area contributed by atoms with Crippen molar-refractivity contribution in [2.24, 2.45) is 0 Å². The van der Waals surface area contributed by atoms with Crippen LogP contribution in [-0.4, -0.2) is 5.91 Å². The fourth-order valence-electron chi connectivity index (χ4n) is 3.77. The van der Waals surface area contributed by atoms with Crippen LogP contribution in [0.5, 0.6) is 0 Å². The second kappa shape index (κ2) is 7.32. The van der Waals surface area contributed by atoms with Crippen molar-refractivity contribution in [2.75, 3.05) is 0 Å². The normalized spacial score (nSPS) is 18.5. The fraction of sp³-hybridized carbons (Fsp3) is 0.115. The van der Waals surface area contributed by atoms with Gasteiger partial charge in [-0.3, -0.25) is 4.79 Å². The minimum atomic E-state index is -0.606. The Morgan fingerprint density at radius 2 is 1.50 bits per heavy atom. The van der Waals surface area contributed by atoms with E-state index in [2.05, 4.69) is 42.2 Å². The molecule has 1 aliphatic heterocycles. The molecule has 0 saturated carbocycles. The SMILES string of the molecule is C=C(CC1(c2ccccc2)C=C(c2ccc(C)cc2)C(=O)N1)c1ccccc1. The summed E-state index contributed by atoms with van der Waals surface area (Å²) in [4.78, 5) is 13.0. The Morgan fingerprint density at radius 1 is 0.893 bits per heavy atom. The van der Waals surface area contributed by atoms with Crippen molar-refractivity contribution in [3.8, 4) is 0 Å². The summed E-state index contributed by atoms with van der Waals surface area (Å²) in [6, 6.07) is 28.4. The van der Waals surface area contributed by atoms with Crippen LogP contribution >= 0.6 is 0 Å². The van der Waals surface area contributed by atoms with E-state index >= 15 is 0 Å². The van der Waals surface area contributed by atoms with E-state index in [0.29, 0.717) is 12.0 Å². The van der Waals surface area contributed by atoms with E-state index in [1.54, 1.807) is 0 Å². The average molecular weight is 365 g/mol. The second-order valence-electron chi connectivity index (χ2n) is 7.36. The first-order valence-electron chi connectivity index (χ1n) is 9.48. The average Bonchev–Trinajstić information content (AvgIpc) is 3.07. The Hall–Kier alpha value is -3.39. The Balaban J connectivity index is 1.77. The molecule has 0 saturated heterocycles. The largest absolute Gasteiger partial charge is 0.339 e. The zero-order chi connectivity index (χ0) is 19.6. The van der Waals surface area contributed by atoms with Crippen LogP contribution in [0, 0.1) is 6.92 Å². The van der Waals surface area contributed by atoms with Crippen molar-refractivity contribution in [3.63, 3.8) is 0 Å². The molecule has 1 atom stereocenters. The first kappa shape index (κ1) is 18.0. The van der Waals surface area contributed by atoms with Crippen LogP contribution in [0.4, 0.5) is 0 Å². The molecular weight excluding hydrogens is 342 g/mol. The Bertz CT molecular complexity index is 1030. The highest BCUT2D eigenvalue weighted by atomic mass is 16.2. The molecule has 1 aliphatic rings. The van der Waals surface area contributed by atoms with Gasteiger partial charge in [0.25, 0.3) is 5.91 Å². The van der Waals surface area contributed by atoms with Crippen LogP contribution in [0.2, 0.25) is 0 Å². The summed E-state index contributed by atoms with van der Waals surface area (Å²) >= 11 is 0. The monoisotopic (exact) mass is 365 g/mol. The van der Waals surface area contributed by atoms with Gasteiger partial charge in [0.2, 0.25) is 0 Å². The maximum atomic E-state index is 13.0. The van der Waals surface area contributed by atoms with Gasteiger partial charge in [-0.15, -0.1) is 0 Å². The van der Waals surface area contributed by atoms with E-state index in [1.165, 1.54) is 5.56 Å². The molecule has 28 heavy (non-hydrogen) atoms. The van der Waals surface area contributed by atoms with Crippen molar-refractivity contribution in [2.45, 2.75) is 18.9 Å². The second-order valence-corrected chi connectivity index (χ2v) is 7.36. The van der Waals surface area contributed by atoms with Gasteiger partial charge in [-0.2, -0.15) is 0 Å². The van der Waals surface area contributed by atoms with Gasteiger partial charge >= 0.3 is 0 Å². The van der Waals surface area contributed by atoms with Gasteiger partial charge in [-0.1, -0.05) is 97.1 Å². The standard InChI is InChI=1S/C26H23NO/c1-19-13-15-22(16-14-19)24-18-26(27-25(24)28,23-11-7-4-8-12-23)17-20(2)21-9-5-3-6-10-21/h3-16,18H,2,17H2,1H3,(H,27,28). The van der Waals surface area contributed by atoms with Crippen LogP contribution in [0.1, 0.15) is 28.7 Å². The van der Waals surface area contributed by atoms with Gasteiger partial charge in [0, 0.05) is 12.0 Å². The summed E-state index contributed by atoms with van der Waals surface area (Å²) in [6.07, 6.45) is 2.69. The number of aryl methyl sites for hydroxylation is 1. The summed E-state index contributed by atoms with van der Waals surface area (Å²) in [5.74, 6) is -0.0476. The van der Waals surface area contributed by atoms with Crippen LogP contribution < -0.4 is 5.32 Å². The van der Waals surface area contributed by atoms with Gasteiger partial charge in [0.15, 0.2) is 0 Å². The summed E-state index contributed by atoms with van der Waals surface area (Å²) in [6.45, 7) is 6.36. The number of carbonyl (C=O) groups excluding carboxylic acids is 1. The van der Waals surface area contributed by atoms with Crippen molar-refractivity contribution >= 4 is 17.1 Å². The molecule has 1 amide bonds. The molecule has 0 radical (unpaired) electrons. The first-order chi connectivity index (χ1) is 13.6. The van der Waals surface area contributed by atoms with E-state index in [4.69, 9.17) is 0 Å². The zero-order valence-electron chi connectivity index (χ0n) is 16.0. The van der Waals surface area contributed by atoms with E-state index in [-0.39, 0.29) is 5.91 Å². The first-order valence-corrected chi connectivity index (χ1v) is 9.48. The van der Waals surface area contributed by atoms with Gasteiger partial charge in [-0.25, -0.2) is 0 Å².